The number of carbonyl (C=O) groups excluding carboxylic acids is 3. The number of methoxy groups -OCH3 is 2. The summed E-state index contributed by atoms with van der Waals surface area (Å²) < 4.78 is 16.2. The summed E-state index contributed by atoms with van der Waals surface area (Å²) in [5.41, 5.74) is 3.37. The number of hydrogen-bond donors (Lipinski definition) is 1. The van der Waals surface area contributed by atoms with Crippen molar-refractivity contribution in [1.29, 1.82) is 0 Å². The lowest BCUT2D eigenvalue weighted by molar-refractivity contribution is -0.139. The Morgan fingerprint density at radius 3 is 2.26 bits per heavy atom. The van der Waals surface area contributed by atoms with Gasteiger partial charge in [-0.25, -0.2) is 9.59 Å². The maximum Gasteiger partial charge on any atom is 0.338 e. The van der Waals surface area contributed by atoms with Crippen LogP contribution in [0.5, 0.6) is 11.5 Å². The number of nitrogens with one attached hydrogen (secondary N) is 1. The Kier molecular flexibility index (Phi) is 8.75. The minimum atomic E-state index is -0.730. The van der Waals surface area contributed by atoms with Crippen molar-refractivity contribution in [2.24, 2.45) is 0 Å². The van der Waals surface area contributed by atoms with Gasteiger partial charge in [0.05, 0.1) is 32.4 Å². The number of aryl methyl sites for hydroxylation is 1. The second-order valence-corrected chi connectivity index (χ2v) is 9.57. The summed E-state index contributed by atoms with van der Waals surface area (Å²) in [6, 6.07) is 11.8. The van der Waals surface area contributed by atoms with Gasteiger partial charge in [0.15, 0.2) is 11.5 Å². The van der Waals surface area contributed by atoms with Crippen LogP contribution in [0, 0.1) is 6.92 Å². The predicted octanol–water partition coefficient (Wildman–Crippen LogP) is 2.98. The number of esters is 1. The van der Waals surface area contributed by atoms with Gasteiger partial charge in [-0.05, 0) is 43.7 Å². The van der Waals surface area contributed by atoms with Crippen molar-refractivity contribution in [2.45, 2.75) is 19.9 Å². The summed E-state index contributed by atoms with van der Waals surface area (Å²) in [7, 11) is 4.72. The molecule has 2 aromatic carbocycles. The van der Waals surface area contributed by atoms with E-state index in [1.807, 2.05) is 36.1 Å². The number of carbonyl (C=O) groups is 3. The molecule has 2 aromatic rings. The number of urea groups is 1. The molecule has 2 aliphatic rings. The Morgan fingerprint density at radius 2 is 1.64 bits per heavy atom. The average molecular weight is 537 g/mol. The van der Waals surface area contributed by atoms with E-state index in [9.17, 15) is 14.4 Å². The average Bonchev–Trinajstić information content (AvgIpc) is 2.95. The standard InChI is InChI=1S/C29H36N4O6/c1-6-39-28(35)25-22(18-32-13-15-33(16-14-32)27(34)20-9-7-19(2)8-10-20)31(3)29(36)30-26(25)21-11-12-23(37-4)24(17-21)38-5/h7-12,17,26H,6,13-16,18H2,1-5H3,(H,30,36)/t26-/m0/s1. The van der Waals surface area contributed by atoms with E-state index in [1.54, 1.807) is 39.3 Å². The van der Waals surface area contributed by atoms with E-state index in [4.69, 9.17) is 14.2 Å². The minimum Gasteiger partial charge on any atom is -0.493 e. The van der Waals surface area contributed by atoms with Crippen LogP contribution in [0.25, 0.3) is 0 Å². The molecule has 0 aromatic heterocycles. The normalized spacial score (nSPS) is 18.1. The first-order chi connectivity index (χ1) is 18.8. The second kappa shape index (κ2) is 12.2. The fraction of sp³-hybridized carbons (Fsp3) is 0.414. The van der Waals surface area contributed by atoms with E-state index in [0.717, 1.165) is 5.56 Å². The summed E-state index contributed by atoms with van der Waals surface area (Å²) in [6.45, 7) is 6.60. The van der Waals surface area contributed by atoms with Crippen molar-refractivity contribution in [3.8, 4) is 11.5 Å². The maximum atomic E-state index is 13.3. The third-order valence-corrected chi connectivity index (χ3v) is 7.14. The molecular weight excluding hydrogens is 500 g/mol. The quantitative estimate of drug-likeness (QED) is 0.518. The number of likely N-dealkylation sites (N-methyl/N-ethyl adjacent to an activating group) is 1. The molecule has 3 amide bonds. The van der Waals surface area contributed by atoms with Crippen molar-refractivity contribution in [3.63, 3.8) is 0 Å². The van der Waals surface area contributed by atoms with E-state index >= 15 is 0 Å². The highest BCUT2D eigenvalue weighted by Crippen LogP contribution is 2.36. The molecule has 10 nitrogen and oxygen atoms in total. The number of rotatable bonds is 8. The number of hydrogen-bond acceptors (Lipinski definition) is 7. The van der Waals surface area contributed by atoms with Crippen LogP contribution in [0.2, 0.25) is 0 Å². The van der Waals surface area contributed by atoms with Gasteiger partial charge in [-0.3, -0.25) is 14.6 Å². The molecule has 2 heterocycles. The molecule has 39 heavy (non-hydrogen) atoms. The molecule has 10 heteroatoms. The van der Waals surface area contributed by atoms with Gasteiger partial charge in [-0.15, -0.1) is 0 Å². The van der Waals surface area contributed by atoms with Crippen LogP contribution in [0.1, 0.15) is 34.5 Å². The smallest absolute Gasteiger partial charge is 0.338 e. The van der Waals surface area contributed by atoms with Crippen LogP contribution in [0.4, 0.5) is 4.79 Å². The topological polar surface area (TPSA) is 101 Å². The molecule has 0 radical (unpaired) electrons. The van der Waals surface area contributed by atoms with Crippen molar-refractivity contribution < 1.29 is 28.6 Å². The zero-order chi connectivity index (χ0) is 28.1. The Hall–Kier alpha value is -4.05. The summed E-state index contributed by atoms with van der Waals surface area (Å²) in [6.07, 6.45) is 0. The van der Waals surface area contributed by atoms with E-state index in [2.05, 4.69) is 10.2 Å². The first kappa shape index (κ1) is 28.0. The van der Waals surface area contributed by atoms with Gasteiger partial charge in [-0.1, -0.05) is 23.8 Å². The van der Waals surface area contributed by atoms with E-state index in [0.29, 0.717) is 66.6 Å². The molecule has 0 saturated carbocycles. The Morgan fingerprint density at radius 1 is 0.974 bits per heavy atom. The third kappa shape index (κ3) is 6.01. The van der Waals surface area contributed by atoms with Crippen LogP contribution < -0.4 is 14.8 Å². The first-order valence-electron chi connectivity index (χ1n) is 13.0. The highest BCUT2D eigenvalue weighted by atomic mass is 16.5. The van der Waals surface area contributed by atoms with Gasteiger partial charge in [0.2, 0.25) is 0 Å². The molecule has 0 bridgehead atoms. The first-order valence-corrected chi connectivity index (χ1v) is 13.0. The summed E-state index contributed by atoms with van der Waals surface area (Å²) in [4.78, 5) is 44.8. The second-order valence-electron chi connectivity index (χ2n) is 9.57. The van der Waals surface area contributed by atoms with Crippen LogP contribution in [0.3, 0.4) is 0 Å². The summed E-state index contributed by atoms with van der Waals surface area (Å²) >= 11 is 0. The highest BCUT2D eigenvalue weighted by Gasteiger charge is 2.38. The van der Waals surface area contributed by atoms with Gasteiger partial charge < -0.3 is 24.4 Å². The zero-order valence-electron chi connectivity index (χ0n) is 23.2. The Balaban J connectivity index is 1.59. The molecule has 0 aliphatic carbocycles. The number of amides is 3. The van der Waals surface area contributed by atoms with E-state index in [-0.39, 0.29) is 18.5 Å². The van der Waals surface area contributed by atoms with Gasteiger partial charge in [-0.2, -0.15) is 0 Å². The fourth-order valence-corrected chi connectivity index (χ4v) is 4.88. The SMILES string of the molecule is CCOC(=O)C1=C(CN2CCN(C(=O)c3ccc(C)cc3)CC2)N(C)C(=O)N[C@H]1c1ccc(OC)c(OC)c1. The molecule has 1 saturated heterocycles. The molecular formula is C29H36N4O6. The zero-order valence-corrected chi connectivity index (χ0v) is 23.2. The molecule has 0 spiro atoms. The highest BCUT2D eigenvalue weighted by molar-refractivity contribution is 5.95. The van der Waals surface area contributed by atoms with Crippen LogP contribution in [-0.4, -0.2) is 93.2 Å². The third-order valence-electron chi connectivity index (χ3n) is 7.14. The fourth-order valence-electron chi connectivity index (χ4n) is 4.88. The largest absolute Gasteiger partial charge is 0.493 e. The lowest BCUT2D eigenvalue weighted by atomic mass is 9.94. The minimum absolute atomic E-state index is 0.00348. The van der Waals surface area contributed by atoms with Crippen LogP contribution >= 0.6 is 0 Å². The lowest BCUT2D eigenvalue weighted by Crippen LogP contribution is -2.53. The molecule has 1 N–H and O–H groups in total. The summed E-state index contributed by atoms with van der Waals surface area (Å²) in [5, 5.41) is 2.93. The van der Waals surface area contributed by atoms with Gasteiger partial charge in [0, 0.05) is 51.0 Å². The maximum absolute atomic E-state index is 13.3. The number of ether oxygens (including phenoxy) is 3. The van der Waals surface area contributed by atoms with Gasteiger partial charge in [0.1, 0.15) is 0 Å². The van der Waals surface area contributed by atoms with Gasteiger partial charge in [0.25, 0.3) is 5.91 Å². The van der Waals surface area contributed by atoms with Gasteiger partial charge >= 0.3 is 12.0 Å². The van der Waals surface area contributed by atoms with E-state index < -0.39 is 12.0 Å². The predicted molar refractivity (Wildman–Crippen MR) is 146 cm³/mol. The molecule has 2 aliphatic heterocycles. The van der Waals surface area contributed by atoms with Crippen molar-refractivity contribution >= 4 is 17.9 Å². The number of piperazine rings is 1. The van der Waals surface area contributed by atoms with Crippen molar-refractivity contribution in [3.05, 3.63) is 70.4 Å². The van der Waals surface area contributed by atoms with E-state index in [1.165, 1.54) is 12.0 Å². The molecule has 1 fully saturated rings. The lowest BCUT2D eigenvalue weighted by Gasteiger charge is -2.39. The Labute approximate surface area is 229 Å². The monoisotopic (exact) mass is 536 g/mol. The van der Waals surface area contributed by atoms with Crippen LogP contribution in [-0.2, 0) is 9.53 Å². The van der Waals surface area contributed by atoms with Crippen molar-refractivity contribution in [2.75, 3.05) is 60.6 Å². The van der Waals surface area contributed by atoms with Crippen LogP contribution in [0.15, 0.2) is 53.7 Å². The molecule has 208 valence electrons. The molecule has 4 rings (SSSR count). The Bertz CT molecular complexity index is 1250. The molecule has 0 unspecified atom stereocenters. The summed E-state index contributed by atoms with van der Waals surface area (Å²) in [5.74, 6) is 0.541. The number of nitrogens with zero attached hydrogens (tertiary/aromatic N) is 3. The molecule has 1 atom stereocenters. The number of benzene rings is 2. The van der Waals surface area contributed by atoms with Crippen molar-refractivity contribution in [1.82, 2.24) is 20.0 Å².